The molecule has 0 nitrogen and oxygen atoms in total. The van der Waals surface area contributed by atoms with Crippen molar-refractivity contribution in [1.29, 1.82) is 0 Å². The van der Waals surface area contributed by atoms with Gasteiger partial charge in [-0.3, -0.25) is 0 Å². The van der Waals surface area contributed by atoms with Gasteiger partial charge in [0.1, 0.15) is 0 Å². The van der Waals surface area contributed by atoms with Gasteiger partial charge in [0.2, 0.25) is 0 Å². The van der Waals surface area contributed by atoms with Crippen LogP contribution < -0.4 is 0 Å². The summed E-state index contributed by atoms with van der Waals surface area (Å²) in [5.74, 6) is 0. The fourth-order valence-corrected chi connectivity index (χ4v) is 2.48. The SMILES string of the molecule is [CH]1C2=C(CCCC2)c2ccccc21.[Ti]. The van der Waals surface area contributed by atoms with Gasteiger partial charge in [0.15, 0.2) is 0 Å². The van der Waals surface area contributed by atoms with E-state index < -0.39 is 0 Å². The first-order chi connectivity index (χ1) is 6.45. The molecule has 0 aromatic heterocycles. The Kier molecular flexibility index (Phi) is 2.94. The first kappa shape index (κ1) is 10.2. The fraction of sp³-hybridized carbons (Fsp3) is 0.308. The van der Waals surface area contributed by atoms with Crippen LogP contribution >= 0.6 is 0 Å². The molecule has 0 heterocycles. The normalized spacial score (nSPS) is 18.6. The molecule has 1 aromatic rings. The van der Waals surface area contributed by atoms with Crippen LogP contribution in [0.15, 0.2) is 29.8 Å². The Morgan fingerprint density at radius 2 is 1.71 bits per heavy atom. The van der Waals surface area contributed by atoms with Crippen molar-refractivity contribution >= 4 is 5.57 Å². The minimum atomic E-state index is 0. The third kappa shape index (κ3) is 1.51. The van der Waals surface area contributed by atoms with Crippen molar-refractivity contribution in [2.24, 2.45) is 0 Å². The van der Waals surface area contributed by atoms with Crippen molar-refractivity contribution in [1.82, 2.24) is 0 Å². The van der Waals surface area contributed by atoms with Crippen molar-refractivity contribution in [2.75, 3.05) is 0 Å². The molecule has 1 heteroatoms. The van der Waals surface area contributed by atoms with Crippen molar-refractivity contribution in [3.63, 3.8) is 0 Å². The van der Waals surface area contributed by atoms with Gasteiger partial charge >= 0.3 is 0 Å². The maximum atomic E-state index is 2.38. The number of hydrogen-bond acceptors (Lipinski definition) is 0. The van der Waals surface area contributed by atoms with Gasteiger partial charge in [-0.25, -0.2) is 0 Å². The van der Waals surface area contributed by atoms with Crippen molar-refractivity contribution in [3.8, 4) is 0 Å². The summed E-state index contributed by atoms with van der Waals surface area (Å²) in [7, 11) is 0. The second kappa shape index (κ2) is 4.04. The zero-order chi connectivity index (χ0) is 8.67. The molecule has 2 aliphatic rings. The Bertz CT molecular complexity index is 377. The zero-order valence-electron chi connectivity index (χ0n) is 8.22. The predicted octanol–water partition coefficient (Wildman–Crippen LogP) is 3.58. The van der Waals surface area contributed by atoms with Gasteiger partial charge in [0.05, 0.1) is 0 Å². The molecule has 0 saturated heterocycles. The Labute approximate surface area is 100 Å². The van der Waals surface area contributed by atoms with E-state index in [0.29, 0.717) is 0 Å². The summed E-state index contributed by atoms with van der Waals surface area (Å²) in [5, 5.41) is 0. The molecule has 0 saturated carbocycles. The molecule has 2 aliphatic carbocycles. The molecule has 0 bridgehead atoms. The molecule has 69 valence electrons. The van der Waals surface area contributed by atoms with Crippen LogP contribution in [0.4, 0.5) is 0 Å². The molecule has 1 aromatic carbocycles. The molecule has 0 aliphatic heterocycles. The standard InChI is InChI=1S/C13H13.Ti/c1-3-7-12-10(5-1)9-11-6-2-4-8-13(11)12;/h1,3,5,7,9H,2,4,6,8H2;. The van der Waals surface area contributed by atoms with Crippen LogP contribution in [-0.4, -0.2) is 0 Å². The van der Waals surface area contributed by atoms with E-state index in [2.05, 4.69) is 30.7 Å². The first-order valence-electron chi connectivity index (χ1n) is 5.11. The summed E-state index contributed by atoms with van der Waals surface area (Å²) in [6.45, 7) is 0. The van der Waals surface area contributed by atoms with Gasteiger partial charge in [-0.1, -0.05) is 29.8 Å². The van der Waals surface area contributed by atoms with Crippen molar-refractivity contribution < 1.29 is 21.7 Å². The molecule has 0 fully saturated rings. The van der Waals surface area contributed by atoms with Gasteiger partial charge in [0, 0.05) is 28.1 Å². The Morgan fingerprint density at radius 1 is 0.929 bits per heavy atom. The van der Waals surface area contributed by atoms with E-state index >= 15 is 0 Å². The van der Waals surface area contributed by atoms with Gasteiger partial charge in [-0.05, 0) is 42.4 Å². The van der Waals surface area contributed by atoms with Gasteiger partial charge < -0.3 is 0 Å². The van der Waals surface area contributed by atoms with Gasteiger partial charge in [-0.15, -0.1) is 0 Å². The van der Waals surface area contributed by atoms with Crippen LogP contribution in [0.3, 0.4) is 0 Å². The summed E-state index contributed by atoms with van der Waals surface area (Å²) in [6, 6.07) is 8.78. The molecule has 0 N–H and O–H groups in total. The third-order valence-corrected chi connectivity index (χ3v) is 3.13. The van der Waals surface area contributed by atoms with E-state index in [0.717, 1.165) is 0 Å². The molecule has 3 rings (SSSR count). The molecular weight excluding hydrogens is 204 g/mol. The molecular formula is C13H13Ti. The monoisotopic (exact) mass is 217 g/mol. The maximum absolute atomic E-state index is 2.38. The van der Waals surface area contributed by atoms with Gasteiger partial charge in [0.25, 0.3) is 0 Å². The first-order valence-corrected chi connectivity index (χ1v) is 5.11. The average Bonchev–Trinajstić information content (AvgIpc) is 2.56. The van der Waals surface area contributed by atoms with Crippen LogP contribution in [0.5, 0.6) is 0 Å². The Hall–Kier alpha value is -0.326. The van der Waals surface area contributed by atoms with E-state index in [9.17, 15) is 0 Å². The number of hydrogen-bond donors (Lipinski definition) is 0. The summed E-state index contributed by atoms with van der Waals surface area (Å²) in [4.78, 5) is 0. The maximum Gasteiger partial charge on any atom is 0.0167 e. The second-order valence-corrected chi connectivity index (χ2v) is 3.94. The second-order valence-electron chi connectivity index (χ2n) is 3.94. The predicted molar refractivity (Wildman–Crippen MR) is 55.2 cm³/mol. The van der Waals surface area contributed by atoms with Crippen molar-refractivity contribution in [2.45, 2.75) is 25.7 Å². The average molecular weight is 217 g/mol. The summed E-state index contributed by atoms with van der Waals surface area (Å²) in [5.41, 5.74) is 6.17. The fourth-order valence-electron chi connectivity index (χ4n) is 2.48. The minimum absolute atomic E-state index is 0. The van der Waals surface area contributed by atoms with E-state index in [-0.39, 0.29) is 21.7 Å². The van der Waals surface area contributed by atoms with Crippen LogP contribution in [0.25, 0.3) is 5.57 Å². The third-order valence-electron chi connectivity index (χ3n) is 3.13. The van der Waals surface area contributed by atoms with Crippen LogP contribution in [0.2, 0.25) is 0 Å². The summed E-state index contributed by atoms with van der Waals surface area (Å²) < 4.78 is 0. The number of benzene rings is 1. The Balaban J connectivity index is 0.000000750. The summed E-state index contributed by atoms with van der Waals surface area (Å²) in [6.07, 6.45) is 7.72. The molecule has 14 heavy (non-hydrogen) atoms. The minimum Gasteiger partial charge on any atom is -0.0619 e. The van der Waals surface area contributed by atoms with Crippen molar-refractivity contribution in [3.05, 3.63) is 47.4 Å². The van der Waals surface area contributed by atoms with Crippen LogP contribution in [-0.2, 0) is 21.7 Å². The number of allylic oxidation sites excluding steroid dienone is 2. The molecule has 1 radical (unpaired) electrons. The quantitative estimate of drug-likeness (QED) is 0.582. The zero-order valence-corrected chi connectivity index (χ0v) is 9.78. The molecule has 0 unspecified atom stereocenters. The van der Waals surface area contributed by atoms with E-state index in [1.54, 1.807) is 11.1 Å². The number of rotatable bonds is 0. The topological polar surface area (TPSA) is 0 Å². The van der Waals surface area contributed by atoms with E-state index in [1.807, 2.05) is 0 Å². The Morgan fingerprint density at radius 3 is 2.64 bits per heavy atom. The number of fused-ring (bicyclic) bond motifs is 2. The van der Waals surface area contributed by atoms with E-state index in [1.165, 1.54) is 36.8 Å². The molecule has 0 amide bonds. The van der Waals surface area contributed by atoms with Crippen LogP contribution in [0.1, 0.15) is 36.8 Å². The van der Waals surface area contributed by atoms with E-state index in [4.69, 9.17) is 0 Å². The summed E-state index contributed by atoms with van der Waals surface area (Å²) >= 11 is 0. The molecule has 0 atom stereocenters. The van der Waals surface area contributed by atoms with Gasteiger partial charge in [-0.2, -0.15) is 0 Å². The largest absolute Gasteiger partial charge is 0.0619 e. The van der Waals surface area contributed by atoms with Crippen LogP contribution in [0, 0.1) is 6.42 Å². The smallest absolute Gasteiger partial charge is 0.0167 e. The molecule has 0 spiro atoms.